The van der Waals surface area contributed by atoms with Crippen molar-refractivity contribution in [3.05, 3.63) is 30.2 Å². The number of nitrogen functional groups attached to an aromatic ring is 1. The molecule has 0 aliphatic carbocycles. The van der Waals surface area contributed by atoms with E-state index < -0.39 is 0 Å². The number of nitrogens with two attached hydrogens (primary N) is 1. The standard InChI is InChI=1S/C14H18N4O2/c15-11-5-1-2-6-12(11)19-10-7-13-16-17-14(20-13)18-8-3-4-9-18/h1-2,5-6H,3-4,7-10,15H2. The highest BCUT2D eigenvalue weighted by Gasteiger charge is 2.18. The van der Waals surface area contributed by atoms with E-state index in [-0.39, 0.29) is 0 Å². The quantitative estimate of drug-likeness (QED) is 0.839. The molecular weight excluding hydrogens is 256 g/mol. The maximum Gasteiger partial charge on any atom is 0.318 e. The second-order valence-corrected chi connectivity index (χ2v) is 4.81. The molecule has 0 unspecified atom stereocenters. The average Bonchev–Trinajstić information content (AvgIpc) is 3.11. The van der Waals surface area contributed by atoms with Crippen LogP contribution >= 0.6 is 0 Å². The van der Waals surface area contributed by atoms with Gasteiger partial charge in [0, 0.05) is 13.1 Å². The van der Waals surface area contributed by atoms with Gasteiger partial charge in [-0.1, -0.05) is 17.2 Å². The number of benzene rings is 1. The van der Waals surface area contributed by atoms with Crippen LogP contribution < -0.4 is 15.4 Å². The number of hydrogen-bond acceptors (Lipinski definition) is 6. The minimum atomic E-state index is 0.468. The zero-order valence-electron chi connectivity index (χ0n) is 11.3. The van der Waals surface area contributed by atoms with E-state index in [0.717, 1.165) is 13.1 Å². The number of nitrogens with zero attached hydrogens (tertiary/aromatic N) is 3. The summed E-state index contributed by atoms with van der Waals surface area (Å²) in [5, 5.41) is 8.12. The highest BCUT2D eigenvalue weighted by Crippen LogP contribution is 2.21. The molecule has 2 heterocycles. The SMILES string of the molecule is Nc1ccccc1OCCc1nnc(N2CCCC2)o1. The molecule has 0 saturated carbocycles. The highest BCUT2D eigenvalue weighted by molar-refractivity contribution is 5.51. The summed E-state index contributed by atoms with van der Waals surface area (Å²) < 4.78 is 11.2. The van der Waals surface area contributed by atoms with Crippen molar-refractivity contribution in [2.75, 3.05) is 30.3 Å². The summed E-state index contributed by atoms with van der Waals surface area (Å²) in [6.45, 7) is 2.47. The van der Waals surface area contributed by atoms with E-state index in [1.54, 1.807) is 0 Å². The van der Waals surface area contributed by atoms with Crippen LogP contribution in [0.1, 0.15) is 18.7 Å². The van der Waals surface area contributed by atoms with Crippen LogP contribution in [-0.4, -0.2) is 29.9 Å². The minimum absolute atomic E-state index is 0.468. The lowest BCUT2D eigenvalue weighted by atomic mass is 10.3. The molecule has 0 spiro atoms. The molecule has 0 radical (unpaired) electrons. The molecule has 1 aromatic heterocycles. The molecule has 1 aromatic carbocycles. The summed E-state index contributed by atoms with van der Waals surface area (Å²) in [7, 11) is 0. The van der Waals surface area contributed by atoms with E-state index in [4.69, 9.17) is 14.9 Å². The van der Waals surface area contributed by atoms with Crippen molar-refractivity contribution >= 4 is 11.7 Å². The minimum Gasteiger partial charge on any atom is -0.491 e. The molecule has 2 N–H and O–H groups in total. The Morgan fingerprint density at radius 3 is 2.80 bits per heavy atom. The van der Waals surface area contributed by atoms with Crippen LogP contribution in [0.4, 0.5) is 11.7 Å². The molecule has 1 aliphatic heterocycles. The number of ether oxygens (including phenoxy) is 1. The van der Waals surface area contributed by atoms with Gasteiger partial charge < -0.3 is 19.8 Å². The van der Waals surface area contributed by atoms with E-state index in [1.807, 2.05) is 24.3 Å². The normalized spacial score (nSPS) is 14.7. The van der Waals surface area contributed by atoms with Gasteiger partial charge in [0.05, 0.1) is 18.7 Å². The fourth-order valence-electron chi connectivity index (χ4n) is 2.24. The van der Waals surface area contributed by atoms with Crippen molar-refractivity contribution in [1.82, 2.24) is 10.2 Å². The van der Waals surface area contributed by atoms with Gasteiger partial charge in [0.2, 0.25) is 5.89 Å². The third-order valence-electron chi connectivity index (χ3n) is 3.33. The summed E-state index contributed by atoms with van der Waals surface area (Å²) in [5.74, 6) is 1.29. The first-order chi connectivity index (χ1) is 9.83. The van der Waals surface area contributed by atoms with Crippen molar-refractivity contribution in [3.63, 3.8) is 0 Å². The van der Waals surface area contributed by atoms with Crippen LogP contribution in [0.5, 0.6) is 5.75 Å². The van der Waals surface area contributed by atoms with Gasteiger partial charge in [-0.3, -0.25) is 0 Å². The van der Waals surface area contributed by atoms with Gasteiger partial charge >= 0.3 is 6.01 Å². The van der Waals surface area contributed by atoms with Crippen molar-refractivity contribution in [2.24, 2.45) is 0 Å². The number of aromatic nitrogens is 2. The summed E-state index contributed by atoms with van der Waals surface area (Å²) in [4.78, 5) is 2.12. The van der Waals surface area contributed by atoms with Gasteiger partial charge in [0.1, 0.15) is 5.75 Å². The predicted octanol–water partition coefficient (Wildman–Crippen LogP) is 1.87. The maximum absolute atomic E-state index is 5.80. The number of hydrogen-bond donors (Lipinski definition) is 1. The predicted molar refractivity (Wildman–Crippen MR) is 75.8 cm³/mol. The largest absolute Gasteiger partial charge is 0.491 e. The van der Waals surface area contributed by atoms with E-state index in [9.17, 15) is 0 Å². The summed E-state index contributed by atoms with van der Waals surface area (Å²) in [6, 6.07) is 8.05. The first-order valence-electron chi connectivity index (χ1n) is 6.87. The molecule has 6 heteroatoms. The molecule has 0 amide bonds. The van der Waals surface area contributed by atoms with E-state index in [0.29, 0.717) is 36.4 Å². The second-order valence-electron chi connectivity index (χ2n) is 4.81. The second kappa shape index (κ2) is 5.81. The van der Waals surface area contributed by atoms with Gasteiger partial charge in [0.15, 0.2) is 0 Å². The number of rotatable bonds is 5. The lowest BCUT2D eigenvalue weighted by Crippen LogP contribution is -2.17. The number of para-hydroxylation sites is 2. The van der Waals surface area contributed by atoms with Crippen molar-refractivity contribution < 1.29 is 9.15 Å². The molecule has 6 nitrogen and oxygen atoms in total. The van der Waals surface area contributed by atoms with E-state index in [2.05, 4.69) is 15.1 Å². The van der Waals surface area contributed by atoms with Gasteiger partial charge in [0.25, 0.3) is 0 Å². The maximum atomic E-state index is 5.80. The summed E-state index contributed by atoms with van der Waals surface area (Å²) in [5.41, 5.74) is 6.44. The smallest absolute Gasteiger partial charge is 0.318 e. The molecule has 1 saturated heterocycles. The summed E-state index contributed by atoms with van der Waals surface area (Å²) >= 11 is 0. The Bertz CT molecular complexity index is 564. The third-order valence-corrected chi connectivity index (χ3v) is 3.33. The average molecular weight is 274 g/mol. The molecular formula is C14H18N4O2. The van der Waals surface area contributed by atoms with Crippen LogP contribution in [0.25, 0.3) is 0 Å². The lowest BCUT2D eigenvalue weighted by Gasteiger charge is -2.09. The van der Waals surface area contributed by atoms with Gasteiger partial charge in [-0.2, -0.15) is 0 Å². The molecule has 1 aliphatic rings. The Labute approximate surface area is 117 Å². The zero-order valence-corrected chi connectivity index (χ0v) is 11.3. The topological polar surface area (TPSA) is 77.4 Å². The lowest BCUT2D eigenvalue weighted by molar-refractivity contribution is 0.308. The first kappa shape index (κ1) is 12.8. The zero-order chi connectivity index (χ0) is 13.8. The monoisotopic (exact) mass is 274 g/mol. The Balaban J connectivity index is 1.52. The Kier molecular flexibility index (Phi) is 3.71. The Morgan fingerprint density at radius 2 is 2.00 bits per heavy atom. The van der Waals surface area contributed by atoms with Crippen LogP contribution in [0.2, 0.25) is 0 Å². The van der Waals surface area contributed by atoms with Crippen LogP contribution in [-0.2, 0) is 6.42 Å². The Hall–Kier alpha value is -2.24. The van der Waals surface area contributed by atoms with Gasteiger partial charge in [-0.15, -0.1) is 5.10 Å². The van der Waals surface area contributed by atoms with Gasteiger partial charge in [-0.05, 0) is 25.0 Å². The molecule has 0 bridgehead atoms. The fourth-order valence-corrected chi connectivity index (χ4v) is 2.24. The van der Waals surface area contributed by atoms with Crippen molar-refractivity contribution in [2.45, 2.75) is 19.3 Å². The number of anilines is 2. The van der Waals surface area contributed by atoms with Crippen LogP contribution in [0, 0.1) is 0 Å². The molecule has 1 fully saturated rings. The van der Waals surface area contributed by atoms with Crippen LogP contribution in [0.15, 0.2) is 28.7 Å². The Morgan fingerprint density at radius 1 is 1.20 bits per heavy atom. The van der Waals surface area contributed by atoms with Gasteiger partial charge in [-0.25, -0.2) is 0 Å². The van der Waals surface area contributed by atoms with Crippen LogP contribution in [0.3, 0.4) is 0 Å². The highest BCUT2D eigenvalue weighted by atomic mass is 16.5. The molecule has 20 heavy (non-hydrogen) atoms. The van der Waals surface area contributed by atoms with Crippen molar-refractivity contribution in [3.8, 4) is 5.75 Å². The molecule has 0 atom stereocenters. The van der Waals surface area contributed by atoms with E-state index in [1.165, 1.54) is 12.8 Å². The van der Waals surface area contributed by atoms with E-state index >= 15 is 0 Å². The molecule has 3 rings (SSSR count). The first-order valence-corrected chi connectivity index (χ1v) is 6.87. The summed E-state index contributed by atoms with van der Waals surface area (Å²) in [6.07, 6.45) is 2.96. The fraction of sp³-hybridized carbons (Fsp3) is 0.429. The third kappa shape index (κ3) is 2.84. The molecule has 2 aromatic rings. The molecule has 106 valence electrons. The van der Waals surface area contributed by atoms with Crippen molar-refractivity contribution in [1.29, 1.82) is 0 Å².